The molecule has 0 radical (unpaired) electrons. The van der Waals surface area contributed by atoms with E-state index in [9.17, 15) is 19.7 Å². The first kappa shape index (κ1) is 21.7. The summed E-state index contributed by atoms with van der Waals surface area (Å²) in [5, 5.41) is 20.6. The standard InChI is InChI=1S/C22H23N5O4/c1-15-20(16(2)26(25-15)14-17-7-4-3-5-8-17)12-23-21(28)13-24-22(29)18-9-6-10-19(11-18)27(30)31/h3-11H,12-14H2,1-2H3,(H,23,28)(H,24,29). The lowest BCUT2D eigenvalue weighted by atomic mass is 10.2. The van der Waals surface area contributed by atoms with E-state index in [1.165, 1.54) is 24.3 Å². The molecular weight excluding hydrogens is 398 g/mol. The number of nitro groups is 1. The van der Waals surface area contributed by atoms with E-state index in [1.807, 2.05) is 48.9 Å². The van der Waals surface area contributed by atoms with Gasteiger partial charge in [-0.25, -0.2) is 0 Å². The first-order valence-corrected chi connectivity index (χ1v) is 9.71. The van der Waals surface area contributed by atoms with Gasteiger partial charge in [0.15, 0.2) is 0 Å². The molecule has 160 valence electrons. The number of hydrogen-bond acceptors (Lipinski definition) is 5. The Morgan fingerprint density at radius 2 is 1.81 bits per heavy atom. The molecule has 0 fully saturated rings. The Kier molecular flexibility index (Phi) is 6.76. The van der Waals surface area contributed by atoms with E-state index in [1.54, 1.807) is 0 Å². The second-order valence-electron chi connectivity index (χ2n) is 7.06. The number of carbonyl (C=O) groups is 2. The normalized spacial score (nSPS) is 10.5. The van der Waals surface area contributed by atoms with Gasteiger partial charge in [0.05, 0.1) is 23.7 Å². The molecule has 0 unspecified atom stereocenters. The molecule has 0 aliphatic rings. The number of benzene rings is 2. The molecule has 9 heteroatoms. The molecule has 3 aromatic rings. The summed E-state index contributed by atoms with van der Waals surface area (Å²) in [6.45, 7) is 4.53. The molecule has 3 rings (SSSR count). The molecule has 1 heterocycles. The van der Waals surface area contributed by atoms with Crippen LogP contribution in [0.2, 0.25) is 0 Å². The van der Waals surface area contributed by atoms with E-state index in [0.29, 0.717) is 6.54 Å². The van der Waals surface area contributed by atoms with Gasteiger partial charge < -0.3 is 10.6 Å². The first-order chi connectivity index (χ1) is 14.8. The fourth-order valence-corrected chi connectivity index (χ4v) is 3.17. The minimum Gasteiger partial charge on any atom is -0.350 e. The third-order valence-corrected chi connectivity index (χ3v) is 4.90. The van der Waals surface area contributed by atoms with Crippen molar-refractivity contribution in [3.63, 3.8) is 0 Å². The van der Waals surface area contributed by atoms with Gasteiger partial charge >= 0.3 is 0 Å². The lowest BCUT2D eigenvalue weighted by molar-refractivity contribution is -0.384. The molecule has 0 atom stereocenters. The smallest absolute Gasteiger partial charge is 0.270 e. The quantitative estimate of drug-likeness (QED) is 0.428. The van der Waals surface area contributed by atoms with Crippen LogP contribution in [0.25, 0.3) is 0 Å². The van der Waals surface area contributed by atoms with Crippen LogP contribution in [0.15, 0.2) is 54.6 Å². The Balaban J connectivity index is 1.54. The molecule has 0 aliphatic carbocycles. The van der Waals surface area contributed by atoms with Crippen LogP contribution in [0.1, 0.15) is 32.9 Å². The predicted octanol–water partition coefficient (Wildman–Crippen LogP) is 2.50. The maximum Gasteiger partial charge on any atom is 0.270 e. The number of nitrogens with one attached hydrogen (secondary N) is 2. The highest BCUT2D eigenvalue weighted by atomic mass is 16.6. The Morgan fingerprint density at radius 3 is 2.52 bits per heavy atom. The summed E-state index contributed by atoms with van der Waals surface area (Å²) in [6.07, 6.45) is 0. The van der Waals surface area contributed by atoms with Crippen molar-refractivity contribution in [1.82, 2.24) is 20.4 Å². The molecule has 0 saturated carbocycles. The topological polar surface area (TPSA) is 119 Å². The zero-order valence-electron chi connectivity index (χ0n) is 17.3. The average Bonchev–Trinajstić information content (AvgIpc) is 3.03. The molecule has 0 spiro atoms. The van der Waals surface area contributed by atoms with Crippen LogP contribution in [-0.2, 0) is 17.9 Å². The number of hydrogen-bond donors (Lipinski definition) is 2. The summed E-state index contributed by atoms with van der Waals surface area (Å²) in [5.41, 5.74) is 3.78. The average molecular weight is 421 g/mol. The van der Waals surface area contributed by atoms with Gasteiger partial charge in [-0.2, -0.15) is 5.10 Å². The lowest BCUT2D eigenvalue weighted by Gasteiger charge is -2.08. The van der Waals surface area contributed by atoms with E-state index in [2.05, 4.69) is 15.7 Å². The maximum atomic E-state index is 12.2. The van der Waals surface area contributed by atoms with Crippen molar-refractivity contribution in [2.45, 2.75) is 26.9 Å². The molecule has 2 aromatic carbocycles. The predicted molar refractivity (Wildman–Crippen MR) is 115 cm³/mol. The molecule has 9 nitrogen and oxygen atoms in total. The van der Waals surface area contributed by atoms with Crippen molar-refractivity contribution < 1.29 is 14.5 Å². The van der Waals surface area contributed by atoms with Crippen molar-refractivity contribution in [3.05, 3.63) is 92.8 Å². The van der Waals surface area contributed by atoms with Crippen LogP contribution in [0.3, 0.4) is 0 Å². The van der Waals surface area contributed by atoms with Gasteiger partial charge in [0.1, 0.15) is 0 Å². The third kappa shape index (κ3) is 5.53. The largest absolute Gasteiger partial charge is 0.350 e. The van der Waals surface area contributed by atoms with Crippen LogP contribution in [-0.4, -0.2) is 33.1 Å². The van der Waals surface area contributed by atoms with Gasteiger partial charge in [0, 0.05) is 35.5 Å². The van der Waals surface area contributed by atoms with Gasteiger partial charge in [-0.15, -0.1) is 0 Å². The van der Waals surface area contributed by atoms with Crippen molar-refractivity contribution in [1.29, 1.82) is 0 Å². The zero-order valence-corrected chi connectivity index (χ0v) is 17.3. The number of carbonyl (C=O) groups excluding carboxylic acids is 2. The Hall–Kier alpha value is -4.01. The molecule has 2 N–H and O–H groups in total. The fourth-order valence-electron chi connectivity index (χ4n) is 3.17. The Morgan fingerprint density at radius 1 is 1.06 bits per heavy atom. The van der Waals surface area contributed by atoms with Gasteiger partial charge in [0.2, 0.25) is 5.91 Å². The SMILES string of the molecule is Cc1nn(Cc2ccccc2)c(C)c1CNC(=O)CNC(=O)c1cccc([N+](=O)[O-])c1. The molecule has 0 saturated heterocycles. The molecule has 31 heavy (non-hydrogen) atoms. The second kappa shape index (κ2) is 9.66. The number of non-ortho nitro benzene ring substituents is 1. The summed E-state index contributed by atoms with van der Waals surface area (Å²) in [6, 6.07) is 15.3. The fraction of sp³-hybridized carbons (Fsp3) is 0.227. The molecule has 0 aliphatic heterocycles. The van der Waals surface area contributed by atoms with Crippen molar-refractivity contribution >= 4 is 17.5 Å². The van der Waals surface area contributed by atoms with Crippen LogP contribution >= 0.6 is 0 Å². The number of nitro benzene ring substituents is 1. The van der Waals surface area contributed by atoms with Crippen LogP contribution in [0.4, 0.5) is 5.69 Å². The number of nitrogens with zero attached hydrogens (tertiary/aromatic N) is 3. The highest BCUT2D eigenvalue weighted by molar-refractivity contribution is 5.96. The minimum absolute atomic E-state index is 0.121. The van der Waals surface area contributed by atoms with Crippen LogP contribution in [0, 0.1) is 24.0 Å². The van der Waals surface area contributed by atoms with Gasteiger partial charge in [-0.05, 0) is 25.5 Å². The van der Waals surface area contributed by atoms with Gasteiger partial charge in [0.25, 0.3) is 11.6 Å². The minimum atomic E-state index is -0.577. The van der Waals surface area contributed by atoms with Crippen molar-refractivity contribution in [2.24, 2.45) is 0 Å². The second-order valence-corrected chi connectivity index (χ2v) is 7.06. The maximum absolute atomic E-state index is 12.2. The van der Waals surface area contributed by atoms with Crippen LogP contribution < -0.4 is 10.6 Å². The molecule has 0 bridgehead atoms. The number of aromatic nitrogens is 2. The summed E-state index contributed by atoms with van der Waals surface area (Å²) in [5.74, 6) is -0.921. The third-order valence-electron chi connectivity index (χ3n) is 4.90. The number of rotatable bonds is 8. The zero-order chi connectivity index (χ0) is 22.4. The number of amides is 2. The summed E-state index contributed by atoms with van der Waals surface area (Å²) in [7, 11) is 0. The van der Waals surface area contributed by atoms with E-state index in [-0.39, 0.29) is 30.2 Å². The van der Waals surface area contributed by atoms with Crippen molar-refractivity contribution in [2.75, 3.05) is 6.54 Å². The van der Waals surface area contributed by atoms with E-state index in [0.717, 1.165) is 22.5 Å². The first-order valence-electron chi connectivity index (χ1n) is 9.71. The highest BCUT2D eigenvalue weighted by Gasteiger charge is 2.15. The van der Waals surface area contributed by atoms with Crippen molar-refractivity contribution in [3.8, 4) is 0 Å². The molecule has 2 amide bonds. The van der Waals surface area contributed by atoms with Crippen LogP contribution in [0.5, 0.6) is 0 Å². The van der Waals surface area contributed by atoms with Gasteiger partial charge in [-0.1, -0.05) is 36.4 Å². The van der Waals surface area contributed by atoms with Gasteiger partial charge in [-0.3, -0.25) is 24.4 Å². The molecule has 1 aromatic heterocycles. The number of aryl methyl sites for hydroxylation is 1. The summed E-state index contributed by atoms with van der Waals surface area (Å²) < 4.78 is 1.90. The van der Waals surface area contributed by atoms with E-state index < -0.39 is 10.8 Å². The monoisotopic (exact) mass is 421 g/mol. The lowest BCUT2D eigenvalue weighted by Crippen LogP contribution is -2.36. The van der Waals surface area contributed by atoms with E-state index in [4.69, 9.17) is 0 Å². The van der Waals surface area contributed by atoms with E-state index >= 15 is 0 Å². The summed E-state index contributed by atoms with van der Waals surface area (Å²) >= 11 is 0. The summed E-state index contributed by atoms with van der Waals surface area (Å²) in [4.78, 5) is 34.6. The Labute approximate surface area is 179 Å². The highest BCUT2D eigenvalue weighted by Crippen LogP contribution is 2.15. The Bertz CT molecular complexity index is 1110. The molecular formula is C22H23N5O4.